The molecule has 0 unspecified atom stereocenters. The fraction of sp³-hybridized carbons (Fsp3) is 0.389. The van der Waals surface area contributed by atoms with Crippen LogP contribution in [0.4, 0.5) is 5.69 Å². The van der Waals surface area contributed by atoms with Gasteiger partial charge >= 0.3 is 0 Å². The lowest BCUT2D eigenvalue weighted by molar-refractivity contribution is 0.103. The minimum Gasteiger partial charge on any atom is -0.321 e. The first kappa shape index (κ1) is 18.1. The Bertz CT molecular complexity index is 862. The molecule has 1 aliphatic rings. The number of carbonyl (C=O) groups is 1. The minimum absolute atomic E-state index is 0.164. The molecule has 0 aliphatic heterocycles. The van der Waals surface area contributed by atoms with Crippen LogP contribution in [0.1, 0.15) is 39.4 Å². The van der Waals surface area contributed by atoms with Crippen molar-refractivity contribution in [1.82, 2.24) is 4.31 Å². The van der Waals surface area contributed by atoms with E-state index in [2.05, 4.69) is 5.32 Å². The van der Waals surface area contributed by atoms with Crippen LogP contribution in [0.15, 0.2) is 35.2 Å². The number of amides is 1. The summed E-state index contributed by atoms with van der Waals surface area (Å²) in [5.74, 6) is -0.183. The highest BCUT2D eigenvalue weighted by Crippen LogP contribution is 2.29. The maximum absolute atomic E-state index is 12.6. The van der Waals surface area contributed by atoms with Crippen molar-refractivity contribution in [2.45, 2.75) is 37.0 Å². The third-order valence-corrected chi connectivity index (χ3v) is 7.39. The van der Waals surface area contributed by atoms with Gasteiger partial charge in [0.1, 0.15) is 0 Å². The Morgan fingerprint density at radius 3 is 2.64 bits per heavy atom. The van der Waals surface area contributed by atoms with Crippen molar-refractivity contribution >= 4 is 33.0 Å². The minimum atomic E-state index is -3.52. The highest BCUT2D eigenvalue weighted by Gasteiger charge is 2.19. The summed E-state index contributed by atoms with van der Waals surface area (Å²) >= 11 is 1.55. The number of carbonyl (C=O) groups excluding carboxylic acids is 1. The van der Waals surface area contributed by atoms with Crippen molar-refractivity contribution < 1.29 is 13.2 Å². The van der Waals surface area contributed by atoms with Gasteiger partial charge in [0.05, 0.1) is 9.77 Å². The zero-order valence-corrected chi connectivity index (χ0v) is 16.0. The van der Waals surface area contributed by atoms with Crippen molar-refractivity contribution in [2.75, 3.05) is 19.4 Å². The van der Waals surface area contributed by atoms with E-state index in [1.807, 2.05) is 6.07 Å². The van der Waals surface area contributed by atoms with Crippen molar-refractivity contribution in [3.8, 4) is 0 Å². The molecule has 0 fully saturated rings. The molecule has 1 aliphatic carbocycles. The summed E-state index contributed by atoms with van der Waals surface area (Å²) in [7, 11) is -0.551. The van der Waals surface area contributed by atoms with Gasteiger partial charge in [0.25, 0.3) is 5.91 Å². The van der Waals surface area contributed by atoms with Gasteiger partial charge in [-0.05, 0) is 55.5 Å². The van der Waals surface area contributed by atoms with Gasteiger partial charge in [-0.15, -0.1) is 11.3 Å². The predicted octanol–water partition coefficient (Wildman–Crippen LogP) is 3.52. The molecule has 0 spiro atoms. The molecule has 2 aromatic rings. The molecule has 1 aromatic carbocycles. The molecule has 1 N–H and O–H groups in total. The number of benzene rings is 1. The molecule has 3 rings (SSSR count). The summed E-state index contributed by atoms with van der Waals surface area (Å²) in [5.41, 5.74) is 1.77. The molecular formula is C18H22N2O3S2. The van der Waals surface area contributed by atoms with Gasteiger partial charge < -0.3 is 5.32 Å². The number of fused-ring (bicyclic) bond motifs is 1. The van der Waals surface area contributed by atoms with E-state index >= 15 is 0 Å². The second-order valence-electron chi connectivity index (χ2n) is 6.39. The summed E-state index contributed by atoms with van der Waals surface area (Å²) in [4.78, 5) is 14.7. The second-order valence-corrected chi connectivity index (χ2v) is 9.68. The van der Waals surface area contributed by atoms with Crippen LogP contribution in [-0.4, -0.2) is 32.7 Å². The molecule has 0 atom stereocenters. The first-order chi connectivity index (χ1) is 11.9. The number of hydrogen-bond acceptors (Lipinski definition) is 4. The van der Waals surface area contributed by atoms with Gasteiger partial charge in [-0.1, -0.05) is 12.5 Å². The van der Waals surface area contributed by atoms with Crippen LogP contribution in [0.2, 0.25) is 0 Å². The lowest BCUT2D eigenvalue weighted by Gasteiger charge is -2.12. The van der Waals surface area contributed by atoms with Gasteiger partial charge in [0.15, 0.2) is 0 Å². The number of nitrogens with one attached hydrogen (secondary N) is 1. The van der Waals surface area contributed by atoms with E-state index in [-0.39, 0.29) is 10.8 Å². The van der Waals surface area contributed by atoms with Crippen LogP contribution in [0.3, 0.4) is 0 Å². The molecule has 134 valence electrons. The normalized spacial score (nSPS) is 14.8. The highest BCUT2D eigenvalue weighted by atomic mass is 32.2. The maximum Gasteiger partial charge on any atom is 0.265 e. The Balaban J connectivity index is 1.80. The molecule has 0 radical (unpaired) electrons. The average molecular weight is 379 g/mol. The lowest BCUT2D eigenvalue weighted by Crippen LogP contribution is -2.22. The van der Waals surface area contributed by atoms with Gasteiger partial charge in [-0.2, -0.15) is 0 Å². The molecule has 5 nitrogen and oxygen atoms in total. The van der Waals surface area contributed by atoms with Crippen molar-refractivity contribution in [3.05, 3.63) is 45.6 Å². The number of aryl methyl sites for hydroxylation is 2. The molecule has 1 heterocycles. The predicted molar refractivity (Wildman–Crippen MR) is 101 cm³/mol. The van der Waals surface area contributed by atoms with E-state index in [0.717, 1.165) is 17.1 Å². The fourth-order valence-electron chi connectivity index (χ4n) is 2.92. The quantitative estimate of drug-likeness (QED) is 0.828. The van der Waals surface area contributed by atoms with Crippen molar-refractivity contribution in [1.29, 1.82) is 0 Å². The SMILES string of the molecule is CN(C)S(=O)(=O)c1cccc(NC(=O)c2cc3c(s2)CCCCC3)c1. The average Bonchev–Trinajstić information content (AvgIpc) is 2.86. The van der Waals surface area contributed by atoms with E-state index in [0.29, 0.717) is 10.6 Å². The highest BCUT2D eigenvalue weighted by molar-refractivity contribution is 7.89. The Labute approximate surface area is 152 Å². The fourth-order valence-corrected chi connectivity index (χ4v) is 5.01. The van der Waals surface area contributed by atoms with Crippen LogP contribution in [0.5, 0.6) is 0 Å². The molecule has 0 saturated carbocycles. The standard InChI is InChI=1S/C18H22N2O3S2/c1-20(2)25(22,23)15-9-6-8-14(12-15)19-18(21)17-11-13-7-4-3-5-10-16(13)24-17/h6,8-9,11-12H,3-5,7,10H2,1-2H3,(H,19,21). The Morgan fingerprint density at radius 2 is 1.88 bits per heavy atom. The van der Waals surface area contributed by atoms with Crippen molar-refractivity contribution in [3.63, 3.8) is 0 Å². The number of nitrogens with zero attached hydrogens (tertiary/aromatic N) is 1. The summed E-state index contributed by atoms with van der Waals surface area (Å²) < 4.78 is 25.6. The molecule has 0 saturated heterocycles. The zero-order chi connectivity index (χ0) is 18.0. The lowest BCUT2D eigenvalue weighted by atomic mass is 10.1. The van der Waals surface area contributed by atoms with Crippen LogP contribution in [0.25, 0.3) is 0 Å². The first-order valence-electron chi connectivity index (χ1n) is 8.33. The van der Waals surface area contributed by atoms with Gasteiger partial charge in [0, 0.05) is 24.7 Å². The maximum atomic E-state index is 12.6. The van der Waals surface area contributed by atoms with Crippen LogP contribution >= 0.6 is 11.3 Å². The summed E-state index contributed by atoms with van der Waals surface area (Å²) in [6.45, 7) is 0. The Morgan fingerprint density at radius 1 is 1.12 bits per heavy atom. The smallest absolute Gasteiger partial charge is 0.265 e. The van der Waals surface area contributed by atoms with E-state index in [1.165, 1.54) is 55.9 Å². The monoisotopic (exact) mass is 378 g/mol. The molecular weight excluding hydrogens is 356 g/mol. The Kier molecular flexibility index (Phi) is 5.27. The molecule has 1 aromatic heterocycles. The van der Waals surface area contributed by atoms with Gasteiger partial charge in [-0.25, -0.2) is 12.7 Å². The van der Waals surface area contributed by atoms with Crippen molar-refractivity contribution in [2.24, 2.45) is 0 Å². The molecule has 0 bridgehead atoms. The van der Waals surface area contributed by atoms with E-state index in [4.69, 9.17) is 0 Å². The summed E-state index contributed by atoms with van der Waals surface area (Å²) in [5, 5.41) is 2.82. The second kappa shape index (κ2) is 7.27. The molecule has 7 heteroatoms. The first-order valence-corrected chi connectivity index (χ1v) is 10.6. The van der Waals surface area contributed by atoms with E-state index < -0.39 is 10.0 Å². The summed E-state index contributed by atoms with van der Waals surface area (Å²) in [6.07, 6.45) is 5.68. The Hall–Kier alpha value is -1.70. The number of thiophene rings is 1. The van der Waals surface area contributed by atoms with Crippen LogP contribution < -0.4 is 5.32 Å². The van der Waals surface area contributed by atoms with Crippen LogP contribution in [-0.2, 0) is 22.9 Å². The number of hydrogen-bond donors (Lipinski definition) is 1. The third-order valence-electron chi connectivity index (χ3n) is 4.34. The van der Waals surface area contributed by atoms with E-state index in [1.54, 1.807) is 23.5 Å². The summed E-state index contributed by atoms with van der Waals surface area (Å²) in [6, 6.07) is 8.34. The largest absolute Gasteiger partial charge is 0.321 e. The topological polar surface area (TPSA) is 66.5 Å². The number of rotatable bonds is 4. The van der Waals surface area contributed by atoms with Crippen LogP contribution in [0, 0.1) is 0 Å². The van der Waals surface area contributed by atoms with Gasteiger partial charge in [-0.3, -0.25) is 4.79 Å². The molecule has 25 heavy (non-hydrogen) atoms. The van der Waals surface area contributed by atoms with E-state index in [9.17, 15) is 13.2 Å². The zero-order valence-electron chi connectivity index (χ0n) is 14.4. The number of sulfonamides is 1. The third kappa shape index (κ3) is 3.94. The number of anilines is 1. The van der Waals surface area contributed by atoms with Gasteiger partial charge in [0.2, 0.25) is 10.0 Å². The molecule has 1 amide bonds.